The van der Waals surface area contributed by atoms with Crippen LogP contribution < -0.4 is 5.32 Å². The lowest BCUT2D eigenvalue weighted by molar-refractivity contribution is -0.128. The minimum absolute atomic E-state index is 0.0749. The molecular weight excluding hydrogens is 228 g/mol. The van der Waals surface area contributed by atoms with Gasteiger partial charge in [0.25, 0.3) is 0 Å². The number of carboxylic acids is 1. The Kier molecular flexibility index (Phi) is 6.08. The van der Waals surface area contributed by atoms with E-state index in [-0.39, 0.29) is 6.04 Å². The van der Waals surface area contributed by atoms with Gasteiger partial charge in [0.1, 0.15) is 6.21 Å². The van der Waals surface area contributed by atoms with Crippen molar-refractivity contribution in [3.05, 3.63) is 35.4 Å². The number of nitrogens with zero attached hydrogens (tertiary/aromatic N) is 1. The molecule has 1 atom stereocenters. The molecule has 0 saturated carbocycles. The normalized spacial score (nSPS) is 12.8. The highest BCUT2D eigenvalue weighted by atomic mass is 16.4. The van der Waals surface area contributed by atoms with E-state index in [1.54, 1.807) is 0 Å². The van der Waals surface area contributed by atoms with Gasteiger partial charge < -0.3 is 10.4 Å². The van der Waals surface area contributed by atoms with Crippen molar-refractivity contribution in [1.29, 1.82) is 0 Å². The summed E-state index contributed by atoms with van der Waals surface area (Å²) in [6.45, 7) is 2.91. The Balaban J connectivity index is 2.93. The number of carbonyl (C=O) groups is 1. The van der Waals surface area contributed by atoms with E-state index in [1.807, 2.05) is 32.2 Å². The van der Waals surface area contributed by atoms with Crippen molar-refractivity contribution in [2.45, 2.75) is 25.8 Å². The van der Waals surface area contributed by atoms with E-state index in [1.165, 1.54) is 5.56 Å². The Morgan fingerprint density at radius 2 is 2.22 bits per heavy atom. The van der Waals surface area contributed by atoms with Crippen molar-refractivity contribution < 1.29 is 9.90 Å². The Labute approximate surface area is 108 Å². The largest absolute Gasteiger partial charge is 0.477 e. The summed E-state index contributed by atoms with van der Waals surface area (Å²) < 4.78 is 0. The van der Waals surface area contributed by atoms with E-state index >= 15 is 0 Å². The number of aliphatic imine (C=N–C) groups is 1. The molecule has 1 unspecified atom stereocenters. The van der Waals surface area contributed by atoms with Gasteiger partial charge in [-0.15, -0.1) is 0 Å². The van der Waals surface area contributed by atoms with E-state index in [2.05, 4.69) is 16.4 Å². The Hall–Kier alpha value is -1.68. The maximum Gasteiger partial charge on any atom is 0.346 e. The number of hydrogen-bond donors (Lipinski definition) is 2. The standard InChI is InChI=1S/C14H20N2O2/c1-3-13(16-10-14(17)18)12-7-5-4-6-11(12)8-9-15-2/h4-7,10,13,15H,3,8-9H2,1-2H3,(H,17,18)/b16-10+. The van der Waals surface area contributed by atoms with Crippen molar-refractivity contribution >= 4 is 12.2 Å². The third kappa shape index (κ3) is 4.30. The number of rotatable bonds is 7. The van der Waals surface area contributed by atoms with Gasteiger partial charge in [-0.3, -0.25) is 4.99 Å². The van der Waals surface area contributed by atoms with Gasteiger partial charge in [0.15, 0.2) is 0 Å². The molecule has 0 fully saturated rings. The molecule has 0 aliphatic rings. The number of hydrogen-bond acceptors (Lipinski definition) is 3. The molecule has 0 aliphatic heterocycles. The zero-order chi connectivity index (χ0) is 13.4. The monoisotopic (exact) mass is 248 g/mol. The van der Waals surface area contributed by atoms with Gasteiger partial charge in [0.05, 0.1) is 6.04 Å². The van der Waals surface area contributed by atoms with Crippen LogP contribution in [0, 0.1) is 0 Å². The lowest BCUT2D eigenvalue weighted by Gasteiger charge is -2.15. The molecule has 0 radical (unpaired) electrons. The number of nitrogens with one attached hydrogen (secondary N) is 1. The topological polar surface area (TPSA) is 61.7 Å². The zero-order valence-corrected chi connectivity index (χ0v) is 10.9. The van der Waals surface area contributed by atoms with E-state index in [4.69, 9.17) is 5.11 Å². The summed E-state index contributed by atoms with van der Waals surface area (Å²) in [5, 5.41) is 11.8. The molecule has 0 amide bonds. The Morgan fingerprint density at radius 1 is 1.50 bits per heavy atom. The van der Waals surface area contributed by atoms with E-state index in [0.29, 0.717) is 0 Å². The molecule has 0 heterocycles. The van der Waals surface area contributed by atoms with Crippen LogP contribution in [0.2, 0.25) is 0 Å². The van der Waals surface area contributed by atoms with Gasteiger partial charge in [0, 0.05) is 0 Å². The number of carboxylic acid groups (broad SMARTS) is 1. The van der Waals surface area contributed by atoms with Gasteiger partial charge in [-0.25, -0.2) is 4.79 Å². The second-order valence-corrected chi connectivity index (χ2v) is 4.09. The summed E-state index contributed by atoms with van der Waals surface area (Å²) in [7, 11) is 1.92. The smallest absolute Gasteiger partial charge is 0.346 e. The van der Waals surface area contributed by atoms with Gasteiger partial charge in [-0.05, 0) is 37.6 Å². The number of benzene rings is 1. The Morgan fingerprint density at radius 3 is 2.83 bits per heavy atom. The number of aliphatic carboxylic acids is 1. The molecule has 4 heteroatoms. The number of likely N-dealkylation sites (N-methyl/N-ethyl adjacent to an activating group) is 1. The highest BCUT2D eigenvalue weighted by Crippen LogP contribution is 2.24. The quantitative estimate of drug-likeness (QED) is 0.726. The summed E-state index contributed by atoms with van der Waals surface area (Å²) in [6, 6.07) is 8.00. The summed E-state index contributed by atoms with van der Waals surface area (Å²) in [5.74, 6) is -0.999. The molecule has 0 spiro atoms. The van der Waals surface area contributed by atoms with Crippen LogP contribution in [0.4, 0.5) is 0 Å². The average molecular weight is 248 g/mol. The van der Waals surface area contributed by atoms with Crippen LogP contribution in [-0.2, 0) is 11.2 Å². The molecule has 1 aromatic carbocycles. The molecule has 0 aliphatic carbocycles. The predicted molar refractivity (Wildman–Crippen MR) is 73.2 cm³/mol. The van der Waals surface area contributed by atoms with Crippen LogP contribution in [0.3, 0.4) is 0 Å². The van der Waals surface area contributed by atoms with Crippen LogP contribution in [0.25, 0.3) is 0 Å². The minimum atomic E-state index is -0.999. The second-order valence-electron chi connectivity index (χ2n) is 4.09. The van der Waals surface area contributed by atoms with Crippen molar-refractivity contribution in [3.8, 4) is 0 Å². The first-order valence-electron chi connectivity index (χ1n) is 6.17. The third-order valence-electron chi connectivity index (χ3n) is 2.81. The van der Waals surface area contributed by atoms with E-state index < -0.39 is 5.97 Å². The molecule has 98 valence electrons. The summed E-state index contributed by atoms with van der Waals surface area (Å²) >= 11 is 0. The fourth-order valence-corrected chi connectivity index (χ4v) is 1.91. The van der Waals surface area contributed by atoms with Gasteiger partial charge in [0.2, 0.25) is 0 Å². The van der Waals surface area contributed by atoms with Gasteiger partial charge >= 0.3 is 5.97 Å². The highest BCUT2D eigenvalue weighted by molar-refractivity contribution is 6.22. The molecule has 18 heavy (non-hydrogen) atoms. The summed E-state index contributed by atoms with van der Waals surface area (Å²) in [5.41, 5.74) is 2.34. The first-order valence-corrected chi connectivity index (χ1v) is 6.17. The van der Waals surface area contributed by atoms with Crippen LogP contribution in [0.1, 0.15) is 30.5 Å². The minimum Gasteiger partial charge on any atom is -0.477 e. The molecule has 0 aromatic heterocycles. The average Bonchev–Trinajstić information content (AvgIpc) is 2.38. The molecule has 0 bridgehead atoms. The van der Waals surface area contributed by atoms with Crippen LogP contribution in [0.15, 0.2) is 29.3 Å². The maximum atomic E-state index is 10.5. The summed E-state index contributed by atoms with van der Waals surface area (Å²) in [6.07, 6.45) is 2.70. The SMILES string of the molecule is CCC(/N=C/C(=O)O)c1ccccc1CCNC. The van der Waals surface area contributed by atoms with Crippen molar-refractivity contribution in [3.63, 3.8) is 0 Å². The Bertz CT molecular complexity index is 416. The van der Waals surface area contributed by atoms with Crippen LogP contribution >= 0.6 is 0 Å². The molecule has 1 aromatic rings. The van der Waals surface area contributed by atoms with Crippen LogP contribution in [-0.4, -0.2) is 30.9 Å². The second kappa shape index (κ2) is 7.61. The van der Waals surface area contributed by atoms with Crippen molar-refractivity contribution in [2.75, 3.05) is 13.6 Å². The lowest BCUT2D eigenvalue weighted by atomic mass is 9.97. The van der Waals surface area contributed by atoms with Crippen molar-refractivity contribution in [2.24, 2.45) is 4.99 Å². The van der Waals surface area contributed by atoms with Crippen LogP contribution in [0.5, 0.6) is 0 Å². The van der Waals surface area contributed by atoms with Gasteiger partial charge in [-0.2, -0.15) is 0 Å². The molecule has 1 rings (SSSR count). The molecule has 0 saturated heterocycles. The summed E-state index contributed by atoms with van der Waals surface area (Å²) in [4.78, 5) is 14.7. The van der Waals surface area contributed by atoms with Crippen molar-refractivity contribution in [1.82, 2.24) is 5.32 Å². The molecular formula is C14H20N2O2. The van der Waals surface area contributed by atoms with E-state index in [0.717, 1.165) is 31.2 Å². The van der Waals surface area contributed by atoms with E-state index in [9.17, 15) is 4.79 Å². The molecule has 2 N–H and O–H groups in total. The fourth-order valence-electron chi connectivity index (χ4n) is 1.91. The third-order valence-corrected chi connectivity index (χ3v) is 2.81. The molecule has 4 nitrogen and oxygen atoms in total. The van der Waals surface area contributed by atoms with Gasteiger partial charge in [-0.1, -0.05) is 31.2 Å². The first-order chi connectivity index (χ1) is 8.69. The lowest BCUT2D eigenvalue weighted by Crippen LogP contribution is -2.12. The zero-order valence-electron chi connectivity index (χ0n) is 10.9. The maximum absolute atomic E-state index is 10.5. The fraction of sp³-hybridized carbons (Fsp3) is 0.429. The first kappa shape index (κ1) is 14.4. The highest BCUT2D eigenvalue weighted by Gasteiger charge is 2.11. The predicted octanol–water partition coefficient (Wildman–Crippen LogP) is 2.05.